The van der Waals surface area contributed by atoms with Crippen LogP contribution in [-0.4, -0.2) is 46.1 Å². The van der Waals surface area contributed by atoms with E-state index in [1.165, 1.54) is 0 Å². The van der Waals surface area contributed by atoms with Gasteiger partial charge in [-0.3, -0.25) is 9.59 Å². The molecule has 9 heteroatoms. The zero-order valence-electron chi connectivity index (χ0n) is 20.1. The molecule has 0 fully saturated rings. The van der Waals surface area contributed by atoms with E-state index in [-0.39, 0.29) is 30.8 Å². The lowest BCUT2D eigenvalue weighted by molar-refractivity contribution is -0.136. The van der Waals surface area contributed by atoms with Gasteiger partial charge in [0.05, 0.1) is 24.9 Å². The topological polar surface area (TPSA) is 127 Å². The average molecular weight is 489 g/mol. The summed E-state index contributed by atoms with van der Waals surface area (Å²) in [7, 11) is 0. The van der Waals surface area contributed by atoms with E-state index < -0.39 is 5.97 Å². The highest BCUT2D eigenvalue weighted by atomic mass is 16.5. The molecule has 0 aliphatic heterocycles. The van der Waals surface area contributed by atoms with Crippen molar-refractivity contribution >= 4 is 28.5 Å². The van der Waals surface area contributed by atoms with Gasteiger partial charge in [-0.25, -0.2) is 9.97 Å². The first-order valence-corrected chi connectivity index (χ1v) is 11.7. The van der Waals surface area contributed by atoms with E-state index in [1.807, 2.05) is 42.5 Å². The second-order valence-corrected chi connectivity index (χ2v) is 8.67. The second kappa shape index (κ2) is 11.4. The lowest BCUT2D eigenvalue weighted by atomic mass is 10.0. The van der Waals surface area contributed by atoms with Crippen molar-refractivity contribution in [3.05, 3.63) is 72.6 Å². The zero-order valence-corrected chi connectivity index (χ0v) is 20.1. The van der Waals surface area contributed by atoms with Crippen LogP contribution < -0.4 is 15.4 Å². The molecule has 2 aromatic carbocycles. The highest BCUT2D eigenvalue weighted by Gasteiger charge is 2.16. The lowest BCUT2D eigenvalue weighted by Gasteiger charge is -2.23. The maximum absolute atomic E-state index is 12.1. The number of nitrogens with one attached hydrogen (secondary N) is 2. The molecule has 9 nitrogen and oxygen atoms in total. The molecule has 0 saturated heterocycles. The standard InChI is InChI=1S/C27H28N4O5/c1-17(2)22(31-20-9-7-18(8-10-20)27(34)28-12-11-25(32)33)16-35-21-14-29-26(30-15-21)24-13-19-5-3-4-6-23(19)36-24/h3-10,13-15,17,22,31H,11-12,16H2,1-2H3,(H,28,34)(H,32,33). The number of carboxylic acids is 1. The largest absolute Gasteiger partial charge is 0.488 e. The summed E-state index contributed by atoms with van der Waals surface area (Å²) in [5.74, 6) is 0.645. The van der Waals surface area contributed by atoms with Gasteiger partial charge in [-0.2, -0.15) is 0 Å². The number of hydrogen-bond donors (Lipinski definition) is 3. The monoisotopic (exact) mass is 488 g/mol. The van der Waals surface area contributed by atoms with E-state index >= 15 is 0 Å². The van der Waals surface area contributed by atoms with Gasteiger partial charge in [-0.05, 0) is 42.3 Å². The highest BCUT2D eigenvalue weighted by molar-refractivity contribution is 5.94. The Morgan fingerprint density at radius 2 is 1.78 bits per heavy atom. The maximum Gasteiger partial charge on any atom is 0.305 e. The second-order valence-electron chi connectivity index (χ2n) is 8.67. The molecule has 0 spiro atoms. The van der Waals surface area contributed by atoms with Crippen molar-refractivity contribution in [1.29, 1.82) is 0 Å². The molecular weight excluding hydrogens is 460 g/mol. The van der Waals surface area contributed by atoms with Crippen LogP contribution in [0.15, 0.2) is 71.4 Å². The van der Waals surface area contributed by atoms with E-state index in [1.54, 1.807) is 24.5 Å². The maximum atomic E-state index is 12.1. The van der Waals surface area contributed by atoms with Crippen molar-refractivity contribution in [2.75, 3.05) is 18.5 Å². The Kier molecular flexibility index (Phi) is 7.79. The molecule has 186 valence electrons. The van der Waals surface area contributed by atoms with Crippen LogP contribution in [0.4, 0.5) is 5.69 Å². The number of benzene rings is 2. The Morgan fingerprint density at radius 3 is 2.44 bits per heavy atom. The number of anilines is 1. The Labute approximate surface area is 208 Å². The minimum atomic E-state index is -0.953. The van der Waals surface area contributed by atoms with E-state index in [2.05, 4.69) is 34.4 Å². The first-order valence-electron chi connectivity index (χ1n) is 11.7. The van der Waals surface area contributed by atoms with Crippen LogP contribution in [-0.2, 0) is 4.79 Å². The van der Waals surface area contributed by atoms with Gasteiger partial charge >= 0.3 is 5.97 Å². The van der Waals surface area contributed by atoms with Crippen molar-refractivity contribution < 1.29 is 23.8 Å². The number of fused-ring (bicyclic) bond motifs is 1. The predicted molar refractivity (Wildman–Crippen MR) is 136 cm³/mol. The molecule has 1 atom stereocenters. The Morgan fingerprint density at radius 1 is 1.06 bits per heavy atom. The van der Waals surface area contributed by atoms with Crippen LogP contribution in [0.3, 0.4) is 0 Å². The van der Waals surface area contributed by atoms with Gasteiger partial charge in [-0.15, -0.1) is 0 Å². The number of rotatable bonds is 11. The molecule has 0 saturated carbocycles. The van der Waals surface area contributed by atoms with Crippen molar-refractivity contribution in [2.24, 2.45) is 5.92 Å². The number of para-hydroxylation sites is 1. The molecule has 1 unspecified atom stereocenters. The third kappa shape index (κ3) is 6.38. The Hall–Kier alpha value is -4.40. The summed E-state index contributed by atoms with van der Waals surface area (Å²) < 4.78 is 11.8. The van der Waals surface area contributed by atoms with Gasteiger partial charge in [0.1, 0.15) is 12.2 Å². The molecule has 0 aliphatic carbocycles. The van der Waals surface area contributed by atoms with Crippen LogP contribution in [0.25, 0.3) is 22.6 Å². The number of aliphatic carboxylic acids is 1. The molecular formula is C27H28N4O5. The van der Waals surface area contributed by atoms with Gasteiger partial charge in [0.2, 0.25) is 0 Å². The molecule has 1 amide bonds. The van der Waals surface area contributed by atoms with Gasteiger partial charge in [0.25, 0.3) is 5.91 Å². The normalized spacial score (nSPS) is 11.9. The van der Waals surface area contributed by atoms with E-state index in [0.29, 0.717) is 29.5 Å². The Balaban J connectivity index is 1.32. The van der Waals surface area contributed by atoms with E-state index in [0.717, 1.165) is 16.7 Å². The van der Waals surface area contributed by atoms with Crippen LogP contribution in [0.5, 0.6) is 5.75 Å². The molecule has 4 aromatic rings. The zero-order chi connectivity index (χ0) is 25.5. The number of aromatic nitrogens is 2. The van der Waals surface area contributed by atoms with E-state index in [9.17, 15) is 9.59 Å². The SMILES string of the molecule is CC(C)C(COc1cnc(-c2cc3ccccc3o2)nc1)Nc1ccc(C(=O)NCCC(=O)O)cc1. The van der Waals surface area contributed by atoms with Gasteiger partial charge in [0, 0.05) is 23.2 Å². The number of carbonyl (C=O) groups is 2. The fourth-order valence-corrected chi connectivity index (χ4v) is 3.51. The van der Waals surface area contributed by atoms with Gasteiger partial charge in [0.15, 0.2) is 17.3 Å². The summed E-state index contributed by atoms with van der Waals surface area (Å²) in [5, 5.41) is 15.7. The van der Waals surface area contributed by atoms with Crippen LogP contribution in [0.1, 0.15) is 30.6 Å². The number of ether oxygens (including phenoxy) is 1. The molecule has 0 radical (unpaired) electrons. The smallest absolute Gasteiger partial charge is 0.305 e. The summed E-state index contributed by atoms with van der Waals surface area (Å²) in [4.78, 5) is 31.5. The highest BCUT2D eigenvalue weighted by Crippen LogP contribution is 2.26. The first kappa shape index (κ1) is 24.7. The molecule has 0 aliphatic rings. The number of nitrogens with zero attached hydrogens (tertiary/aromatic N) is 2. The average Bonchev–Trinajstić information content (AvgIpc) is 3.31. The number of carbonyl (C=O) groups excluding carboxylic acids is 1. The third-order valence-electron chi connectivity index (χ3n) is 5.63. The summed E-state index contributed by atoms with van der Waals surface area (Å²) in [6, 6.07) is 16.7. The van der Waals surface area contributed by atoms with Crippen LogP contribution >= 0.6 is 0 Å². The van der Waals surface area contributed by atoms with Crippen LogP contribution in [0, 0.1) is 5.92 Å². The van der Waals surface area contributed by atoms with Crippen molar-refractivity contribution in [1.82, 2.24) is 15.3 Å². The van der Waals surface area contributed by atoms with Crippen LogP contribution in [0.2, 0.25) is 0 Å². The third-order valence-corrected chi connectivity index (χ3v) is 5.63. The van der Waals surface area contributed by atoms with Gasteiger partial charge < -0.3 is 24.9 Å². The summed E-state index contributed by atoms with van der Waals surface area (Å²) >= 11 is 0. The number of carboxylic acid groups (broad SMARTS) is 1. The van der Waals surface area contributed by atoms with Crippen molar-refractivity contribution in [2.45, 2.75) is 26.3 Å². The predicted octanol–water partition coefficient (Wildman–Crippen LogP) is 4.61. The quantitative estimate of drug-likeness (QED) is 0.279. The Bertz CT molecular complexity index is 1280. The fourth-order valence-electron chi connectivity index (χ4n) is 3.51. The van der Waals surface area contributed by atoms with Gasteiger partial charge in [-0.1, -0.05) is 32.0 Å². The molecule has 0 bridgehead atoms. The summed E-state index contributed by atoms with van der Waals surface area (Å²) in [6.07, 6.45) is 3.14. The van der Waals surface area contributed by atoms with Crippen molar-refractivity contribution in [3.8, 4) is 17.3 Å². The summed E-state index contributed by atoms with van der Waals surface area (Å²) in [5.41, 5.74) is 2.09. The van der Waals surface area contributed by atoms with Crippen molar-refractivity contribution in [3.63, 3.8) is 0 Å². The number of hydrogen-bond acceptors (Lipinski definition) is 7. The molecule has 3 N–H and O–H groups in total. The molecule has 36 heavy (non-hydrogen) atoms. The molecule has 2 aromatic heterocycles. The lowest BCUT2D eigenvalue weighted by Crippen LogP contribution is -2.32. The summed E-state index contributed by atoms with van der Waals surface area (Å²) in [6.45, 7) is 4.66. The number of amides is 1. The minimum absolute atomic E-state index is 0.00436. The fraction of sp³-hybridized carbons (Fsp3) is 0.259. The number of furan rings is 1. The molecule has 4 rings (SSSR count). The van der Waals surface area contributed by atoms with E-state index in [4.69, 9.17) is 14.3 Å². The molecule has 2 heterocycles. The minimum Gasteiger partial charge on any atom is -0.488 e. The first-order chi connectivity index (χ1) is 17.4.